The first-order valence-corrected chi connectivity index (χ1v) is 7.66. The molecule has 0 saturated heterocycles. The van der Waals surface area contributed by atoms with Crippen LogP contribution in [0.25, 0.3) is 11.0 Å². The molecule has 0 radical (unpaired) electrons. The predicted octanol–water partition coefficient (Wildman–Crippen LogP) is 3.74. The molecule has 5 heteroatoms. The molecule has 0 saturated carbocycles. The first-order valence-electron chi connectivity index (χ1n) is 7.66. The average molecular weight is 301 g/mol. The van der Waals surface area contributed by atoms with Crippen molar-refractivity contribution in [1.82, 2.24) is 0 Å². The molecule has 1 heterocycles. The van der Waals surface area contributed by atoms with E-state index in [0.717, 1.165) is 36.0 Å². The first kappa shape index (κ1) is 14.6. The predicted molar refractivity (Wildman–Crippen MR) is 82.7 cm³/mol. The Morgan fingerprint density at radius 2 is 2.00 bits per heavy atom. The second-order valence-corrected chi connectivity index (χ2v) is 5.72. The van der Waals surface area contributed by atoms with E-state index in [1.165, 1.54) is 18.4 Å². The van der Waals surface area contributed by atoms with Gasteiger partial charge >= 0.3 is 5.97 Å². The summed E-state index contributed by atoms with van der Waals surface area (Å²) < 4.78 is 5.98. The van der Waals surface area contributed by atoms with Gasteiger partial charge in [-0.15, -0.1) is 0 Å². The van der Waals surface area contributed by atoms with Crippen LogP contribution in [0, 0.1) is 0 Å². The molecule has 2 N–H and O–H groups in total. The number of fused-ring (bicyclic) bond motifs is 3. The van der Waals surface area contributed by atoms with Gasteiger partial charge in [-0.25, -0.2) is 0 Å². The molecule has 0 bridgehead atoms. The van der Waals surface area contributed by atoms with Crippen LogP contribution in [0.3, 0.4) is 0 Å². The summed E-state index contributed by atoms with van der Waals surface area (Å²) in [5.74, 6) is 0.157. The van der Waals surface area contributed by atoms with Crippen molar-refractivity contribution in [3.63, 3.8) is 0 Å². The number of furan rings is 1. The summed E-state index contributed by atoms with van der Waals surface area (Å²) in [6.07, 6.45) is 5.72. The number of rotatable bonds is 4. The number of hydrogen-bond acceptors (Lipinski definition) is 4. The molecule has 2 aromatic rings. The van der Waals surface area contributed by atoms with Gasteiger partial charge in [-0.3, -0.25) is 4.79 Å². The van der Waals surface area contributed by atoms with Crippen molar-refractivity contribution >= 4 is 22.7 Å². The van der Waals surface area contributed by atoms with Gasteiger partial charge in [0.25, 0.3) is 0 Å². The minimum Gasteiger partial charge on any atom is -0.481 e. The third-order valence-corrected chi connectivity index (χ3v) is 4.24. The molecule has 116 valence electrons. The smallest absolute Gasteiger partial charge is 0.303 e. The molecule has 1 aromatic heterocycles. The third-order valence-electron chi connectivity index (χ3n) is 4.24. The number of hydrogen-bond donors (Lipinski definition) is 2. The Hall–Kier alpha value is -2.30. The average Bonchev–Trinajstić information content (AvgIpc) is 2.68. The lowest BCUT2D eigenvalue weighted by atomic mass is 10.0. The van der Waals surface area contributed by atoms with Gasteiger partial charge in [0.15, 0.2) is 0 Å². The van der Waals surface area contributed by atoms with Crippen LogP contribution in [-0.2, 0) is 17.6 Å². The Morgan fingerprint density at radius 3 is 2.77 bits per heavy atom. The van der Waals surface area contributed by atoms with E-state index in [-0.39, 0.29) is 12.8 Å². The van der Waals surface area contributed by atoms with Crippen molar-refractivity contribution in [1.29, 1.82) is 0 Å². The summed E-state index contributed by atoms with van der Waals surface area (Å²) in [7, 11) is 0. The Labute approximate surface area is 128 Å². The molecule has 0 amide bonds. The Morgan fingerprint density at radius 1 is 1.18 bits per heavy atom. The minimum atomic E-state index is -0.910. The third kappa shape index (κ3) is 2.84. The number of oxime groups is 1. The highest BCUT2D eigenvalue weighted by atomic mass is 16.4. The van der Waals surface area contributed by atoms with Crippen molar-refractivity contribution < 1.29 is 19.5 Å². The fourth-order valence-electron chi connectivity index (χ4n) is 3.10. The zero-order valence-electron chi connectivity index (χ0n) is 12.3. The van der Waals surface area contributed by atoms with Gasteiger partial charge in [0.1, 0.15) is 11.3 Å². The summed E-state index contributed by atoms with van der Waals surface area (Å²) in [4.78, 5) is 10.7. The second kappa shape index (κ2) is 6.22. The molecule has 1 aromatic carbocycles. The topological polar surface area (TPSA) is 83.0 Å². The van der Waals surface area contributed by atoms with E-state index >= 15 is 0 Å². The van der Waals surface area contributed by atoms with E-state index in [9.17, 15) is 4.79 Å². The highest BCUT2D eigenvalue weighted by molar-refractivity contribution is 6.03. The Bertz CT molecular complexity index is 730. The molecular formula is C17H19NO4. The molecule has 0 aliphatic heterocycles. The first-order chi connectivity index (χ1) is 10.7. The number of carboxylic acids is 1. The van der Waals surface area contributed by atoms with Crippen LogP contribution in [0.4, 0.5) is 0 Å². The fraction of sp³-hybridized carbons (Fsp3) is 0.412. The van der Waals surface area contributed by atoms with Crippen molar-refractivity contribution in [3.8, 4) is 0 Å². The Kier molecular flexibility index (Phi) is 4.13. The normalized spacial score (nSPS) is 15.5. The standard InChI is InChI=1S/C17H19NO4/c19-17(20)9-8-14(18-21)11-6-7-13-12-4-2-1-3-5-15(12)22-16(13)10-11/h6-7,10,21H,1-5,8-9H2,(H,19,20). The molecule has 0 unspecified atom stereocenters. The van der Waals surface area contributed by atoms with Crippen molar-refractivity contribution in [2.24, 2.45) is 5.16 Å². The van der Waals surface area contributed by atoms with Gasteiger partial charge in [0.05, 0.1) is 12.1 Å². The van der Waals surface area contributed by atoms with Crippen LogP contribution in [0.5, 0.6) is 0 Å². The zero-order chi connectivity index (χ0) is 15.5. The van der Waals surface area contributed by atoms with Gasteiger partial charge in [0.2, 0.25) is 0 Å². The van der Waals surface area contributed by atoms with Crippen LogP contribution >= 0.6 is 0 Å². The monoisotopic (exact) mass is 301 g/mol. The lowest BCUT2D eigenvalue weighted by Gasteiger charge is -2.03. The largest absolute Gasteiger partial charge is 0.481 e. The number of benzene rings is 1. The lowest BCUT2D eigenvalue weighted by molar-refractivity contribution is -0.136. The van der Waals surface area contributed by atoms with Crippen LogP contribution < -0.4 is 0 Å². The Balaban J connectivity index is 1.94. The van der Waals surface area contributed by atoms with Crippen LogP contribution in [0.1, 0.15) is 49.0 Å². The van der Waals surface area contributed by atoms with Crippen LogP contribution in [0.2, 0.25) is 0 Å². The van der Waals surface area contributed by atoms with Crippen molar-refractivity contribution in [2.75, 3.05) is 0 Å². The zero-order valence-corrected chi connectivity index (χ0v) is 12.3. The second-order valence-electron chi connectivity index (χ2n) is 5.72. The highest BCUT2D eigenvalue weighted by Crippen LogP contribution is 2.32. The van der Waals surface area contributed by atoms with Gasteiger partial charge in [-0.05, 0) is 25.3 Å². The summed E-state index contributed by atoms with van der Waals surface area (Å²) in [6.45, 7) is 0. The van der Waals surface area contributed by atoms with Gasteiger partial charge in [-0.1, -0.05) is 23.7 Å². The van der Waals surface area contributed by atoms with Gasteiger partial charge in [-0.2, -0.15) is 0 Å². The SMILES string of the molecule is O=C(O)CCC(=NO)c1ccc2c3c(oc2c1)CCCCC3. The number of aliphatic carboxylic acids is 1. The quantitative estimate of drug-likeness (QED) is 0.390. The highest BCUT2D eigenvalue weighted by Gasteiger charge is 2.17. The number of carbonyl (C=O) groups is 1. The van der Waals surface area contributed by atoms with Gasteiger partial charge < -0.3 is 14.7 Å². The fourth-order valence-corrected chi connectivity index (χ4v) is 3.10. The molecule has 5 nitrogen and oxygen atoms in total. The van der Waals surface area contributed by atoms with Crippen molar-refractivity contribution in [3.05, 3.63) is 35.1 Å². The molecule has 1 aliphatic rings. The molecule has 1 aliphatic carbocycles. The number of nitrogens with zero attached hydrogens (tertiary/aromatic N) is 1. The summed E-state index contributed by atoms with van der Waals surface area (Å²) in [5, 5.41) is 22.3. The summed E-state index contributed by atoms with van der Waals surface area (Å²) >= 11 is 0. The van der Waals surface area contributed by atoms with Crippen LogP contribution in [-0.4, -0.2) is 22.0 Å². The van der Waals surface area contributed by atoms with E-state index in [1.807, 2.05) is 18.2 Å². The maximum Gasteiger partial charge on any atom is 0.303 e. The van der Waals surface area contributed by atoms with E-state index in [0.29, 0.717) is 11.3 Å². The molecule has 0 fully saturated rings. The van der Waals surface area contributed by atoms with E-state index in [4.69, 9.17) is 14.7 Å². The molecule has 3 rings (SSSR count). The number of aryl methyl sites for hydroxylation is 2. The van der Waals surface area contributed by atoms with Crippen molar-refractivity contribution in [2.45, 2.75) is 44.9 Å². The van der Waals surface area contributed by atoms with E-state index in [2.05, 4.69) is 5.16 Å². The van der Waals surface area contributed by atoms with E-state index < -0.39 is 5.97 Å². The maximum atomic E-state index is 10.7. The molecule has 0 spiro atoms. The molecular weight excluding hydrogens is 282 g/mol. The summed E-state index contributed by atoms with van der Waals surface area (Å²) in [6, 6.07) is 5.71. The lowest BCUT2D eigenvalue weighted by Crippen LogP contribution is -2.05. The molecule has 0 atom stereocenters. The molecule has 22 heavy (non-hydrogen) atoms. The number of carboxylic acid groups (broad SMARTS) is 1. The van der Waals surface area contributed by atoms with E-state index in [1.54, 1.807) is 0 Å². The van der Waals surface area contributed by atoms with Crippen LogP contribution in [0.15, 0.2) is 27.8 Å². The maximum absolute atomic E-state index is 10.7. The van der Waals surface area contributed by atoms with Gasteiger partial charge in [0, 0.05) is 29.4 Å². The minimum absolute atomic E-state index is 0.0634. The summed E-state index contributed by atoms with van der Waals surface area (Å²) in [5.41, 5.74) is 3.17.